The van der Waals surface area contributed by atoms with Crippen molar-refractivity contribution >= 4 is 10.0 Å². The lowest BCUT2D eigenvalue weighted by Crippen LogP contribution is -2.22. The molecule has 6 heteroatoms. The highest BCUT2D eigenvalue weighted by molar-refractivity contribution is 7.89. The van der Waals surface area contributed by atoms with Gasteiger partial charge in [0.2, 0.25) is 10.0 Å². The van der Waals surface area contributed by atoms with Crippen LogP contribution in [0.4, 0.5) is 0 Å². The highest BCUT2D eigenvalue weighted by Crippen LogP contribution is 2.20. The number of aromatic nitrogens is 1. The van der Waals surface area contributed by atoms with Gasteiger partial charge in [0.1, 0.15) is 0 Å². The second-order valence-electron chi connectivity index (χ2n) is 5.01. The van der Waals surface area contributed by atoms with Crippen molar-refractivity contribution in [2.45, 2.75) is 30.8 Å². The fourth-order valence-electron chi connectivity index (χ4n) is 2.15. The highest BCUT2D eigenvalue weighted by atomic mass is 32.2. The first-order valence-electron chi connectivity index (χ1n) is 6.66. The normalized spacial score (nSPS) is 14.6. The number of nitrogens with one attached hydrogen (secondary N) is 1. The zero-order valence-corrected chi connectivity index (χ0v) is 12.8. The van der Waals surface area contributed by atoms with Crippen LogP contribution in [0.25, 0.3) is 0 Å². The lowest BCUT2D eigenvalue weighted by Gasteiger charge is -2.20. The summed E-state index contributed by atoms with van der Waals surface area (Å²) in [6.07, 6.45) is 3.57. The van der Waals surface area contributed by atoms with Crippen molar-refractivity contribution in [3.63, 3.8) is 0 Å². The van der Waals surface area contributed by atoms with E-state index >= 15 is 0 Å². The molecular weight excluding hydrogens is 286 g/mol. The molecule has 0 bridgehead atoms. The maximum Gasteiger partial charge on any atom is 0.238 e. The Balaban J connectivity index is 2.08. The summed E-state index contributed by atoms with van der Waals surface area (Å²) in [6, 6.07) is 10.7. The Hall–Kier alpha value is -1.76. The highest BCUT2D eigenvalue weighted by Gasteiger charge is 2.13. The van der Waals surface area contributed by atoms with Gasteiger partial charge in [-0.2, -0.15) is 0 Å². The molecule has 0 amide bonds. The third-order valence-corrected chi connectivity index (χ3v) is 4.32. The van der Waals surface area contributed by atoms with E-state index in [9.17, 15) is 8.42 Å². The predicted octanol–water partition coefficient (Wildman–Crippen LogP) is 2.14. The van der Waals surface area contributed by atoms with E-state index in [1.54, 1.807) is 18.3 Å². The number of sulfonamides is 1. The van der Waals surface area contributed by atoms with E-state index in [-0.39, 0.29) is 17.0 Å². The van der Waals surface area contributed by atoms with E-state index in [1.807, 2.05) is 25.3 Å². The summed E-state index contributed by atoms with van der Waals surface area (Å²) < 4.78 is 22.5. The summed E-state index contributed by atoms with van der Waals surface area (Å²) in [5, 5.41) is 8.54. The second-order valence-corrected chi connectivity index (χ2v) is 6.57. The monoisotopic (exact) mass is 305 g/mol. The molecule has 112 valence electrons. The van der Waals surface area contributed by atoms with Gasteiger partial charge in [0, 0.05) is 24.5 Å². The van der Waals surface area contributed by atoms with Crippen molar-refractivity contribution in [3.8, 4) is 0 Å². The van der Waals surface area contributed by atoms with E-state index in [2.05, 4.69) is 17.2 Å². The SMILES string of the molecule is CC(NC(C)c1cccnc1)c1ccc(S(N)(=O)=O)cc1. The van der Waals surface area contributed by atoms with Crippen LogP contribution in [0.2, 0.25) is 0 Å². The van der Waals surface area contributed by atoms with Gasteiger partial charge in [0.25, 0.3) is 0 Å². The summed E-state index contributed by atoms with van der Waals surface area (Å²) in [5.41, 5.74) is 2.10. The van der Waals surface area contributed by atoms with Crippen molar-refractivity contribution in [2.24, 2.45) is 5.14 Å². The molecule has 3 N–H and O–H groups in total. The van der Waals surface area contributed by atoms with Crippen LogP contribution in [-0.4, -0.2) is 13.4 Å². The number of benzene rings is 1. The van der Waals surface area contributed by atoms with Gasteiger partial charge >= 0.3 is 0 Å². The molecule has 5 nitrogen and oxygen atoms in total. The van der Waals surface area contributed by atoms with Crippen LogP contribution in [-0.2, 0) is 10.0 Å². The Morgan fingerprint density at radius 2 is 1.67 bits per heavy atom. The van der Waals surface area contributed by atoms with E-state index in [0.29, 0.717) is 0 Å². The molecule has 0 aliphatic heterocycles. The molecule has 1 heterocycles. The van der Waals surface area contributed by atoms with Gasteiger partial charge in [-0.25, -0.2) is 13.6 Å². The van der Waals surface area contributed by atoms with Crippen LogP contribution in [0.15, 0.2) is 53.7 Å². The minimum atomic E-state index is -3.64. The molecule has 0 saturated carbocycles. The van der Waals surface area contributed by atoms with Gasteiger partial charge in [-0.3, -0.25) is 4.98 Å². The molecule has 1 aromatic heterocycles. The first-order chi connectivity index (χ1) is 9.88. The Kier molecular flexibility index (Phi) is 4.72. The van der Waals surface area contributed by atoms with Crippen LogP contribution in [0.3, 0.4) is 0 Å². The molecule has 21 heavy (non-hydrogen) atoms. The maximum atomic E-state index is 11.2. The van der Waals surface area contributed by atoms with Crippen molar-refractivity contribution in [3.05, 3.63) is 59.9 Å². The van der Waals surface area contributed by atoms with Crippen LogP contribution < -0.4 is 10.5 Å². The molecule has 0 saturated heterocycles. The molecule has 0 fully saturated rings. The topological polar surface area (TPSA) is 85.1 Å². The minimum Gasteiger partial charge on any atom is -0.304 e. The van der Waals surface area contributed by atoms with Crippen LogP contribution in [0.1, 0.15) is 37.1 Å². The molecule has 2 aromatic rings. The quantitative estimate of drug-likeness (QED) is 0.886. The lowest BCUT2D eigenvalue weighted by atomic mass is 10.1. The van der Waals surface area contributed by atoms with Gasteiger partial charge in [-0.05, 0) is 43.2 Å². The molecule has 0 aliphatic rings. The van der Waals surface area contributed by atoms with Gasteiger partial charge in [0.15, 0.2) is 0 Å². The summed E-state index contributed by atoms with van der Waals surface area (Å²) in [4.78, 5) is 4.23. The zero-order chi connectivity index (χ0) is 15.5. The Morgan fingerprint density at radius 1 is 1.05 bits per heavy atom. The predicted molar refractivity (Wildman–Crippen MR) is 82.0 cm³/mol. The number of primary sulfonamides is 1. The molecule has 0 aliphatic carbocycles. The third-order valence-electron chi connectivity index (χ3n) is 3.39. The number of pyridine rings is 1. The maximum absolute atomic E-state index is 11.2. The zero-order valence-electron chi connectivity index (χ0n) is 12.0. The van der Waals surface area contributed by atoms with E-state index in [4.69, 9.17) is 5.14 Å². The van der Waals surface area contributed by atoms with E-state index < -0.39 is 10.0 Å². The molecule has 0 radical (unpaired) electrons. The fraction of sp³-hybridized carbons (Fsp3) is 0.267. The van der Waals surface area contributed by atoms with Crippen LogP contribution >= 0.6 is 0 Å². The van der Waals surface area contributed by atoms with Crippen molar-refractivity contribution in [2.75, 3.05) is 0 Å². The van der Waals surface area contributed by atoms with Gasteiger partial charge < -0.3 is 5.32 Å². The average Bonchev–Trinajstić information content (AvgIpc) is 2.47. The summed E-state index contributed by atoms with van der Waals surface area (Å²) in [6.45, 7) is 4.09. The molecule has 0 spiro atoms. The smallest absolute Gasteiger partial charge is 0.238 e. The standard InChI is InChI=1S/C15H19N3O2S/c1-11(18-12(2)14-4-3-9-17-10-14)13-5-7-15(8-6-13)21(16,19)20/h3-12,18H,1-2H3,(H2,16,19,20). The third kappa shape index (κ3) is 4.10. The second kappa shape index (κ2) is 6.34. The van der Waals surface area contributed by atoms with Gasteiger partial charge in [-0.1, -0.05) is 18.2 Å². The van der Waals surface area contributed by atoms with Gasteiger partial charge in [0.05, 0.1) is 4.90 Å². The Labute approximate surface area is 125 Å². The summed E-state index contributed by atoms with van der Waals surface area (Å²) in [5.74, 6) is 0. The van der Waals surface area contributed by atoms with Crippen molar-refractivity contribution in [1.82, 2.24) is 10.3 Å². The summed E-state index contributed by atoms with van der Waals surface area (Å²) in [7, 11) is -3.64. The molecule has 1 aromatic carbocycles. The van der Waals surface area contributed by atoms with Crippen molar-refractivity contribution in [1.29, 1.82) is 0 Å². The first-order valence-corrected chi connectivity index (χ1v) is 8.21. The first kappa shape index (κ1) is 15.6. The Morgan fingerprint density at radius 3 is 2.19 bits per heavy atom. The van der Waals surface area contributed by atoms with E-state index in [1.165, 1.54) is 12.1 Å². The fourth-order valence-corrected chi connectivity index (χ4v) is 2.66. The summed E-state index contributed by atoms with van der Waals surface area (Å²) >= 11 is 0. The molecular formula is C15H19N3O2S. The average molecular weight is 305 g/mol. The number of hydrogen-bond acceptors (Lipinski definition) is 4. The molecule has 2 rings (SSSR count). The lowest BCUT2D eigenvalue weighted by molar-refractivity contribution is 0.493. The van der Waals surface area contributed by atoms with E-state index in [0.717, 1.165) is 11.1 Å². The number of rotatable bonds is 5. The van der Waals surface area contributed by atoms with Crippen LogP contribution in [0, 0.1) is 0 Å². The van der Waals surface area contributed by atoms with Gasteiger partial charge in [-0.15, -0.1) is 0 Å². The number of hydrogen-bond donors (Lipinski definition) is 2. The number of nitrogens with two attached hydrogens (primary N) is 1. The molecule has 2 atom stereocenters. The molecule has 2 unspecified atom stereocenters. The van der Waals surface area contributed by atoms with Crippen molar-refractivity contribution < 1.29 is 8.42 Å². The largest absolute Gasteiger partial charge is 0.304 e. The van der Waals surface area contributed by atoms with Crippen LogP contribution in [0.5, 0.6) is 0 Å². The Bertz CT molecular complexity index is 685. The number of nitrogens with zero attached hydrogens (tertiary/aromatic N) is 1. The minimum absolute atomic E-state index is 0.0785.